The lowest BCUT2D eigenvalue weighted by Gasteiger charge is -2.39. The van der Waals surface area contributed by atoms with Gasteiger partial charge in [-0.25, -0.2) is 0 Å². The Kier molecular flexibility index (Phi) is 12.6. The molecule has 2 spiro atoms. The first-order chi connectivity index (χ1) is 32.1. The quantitative estimate of drug-likeness (QED) is 0.0650. The van der Waals surface area contributed by atoms with Crippen LogP contribution in [-0.4, -0.2) is 128 Å². The van der Waals surface area contributed by atoms with Gasteiger partial charge < -0.3 is 59.6 Å². The number of hydrogen-bond acceptors (Lipinski definition) is 14. The number of nitrogens with one attached hydrogen (secondary N) is 4. The first-order valence-electron chi connectivity index (χ1n) is 22.8. The number of ether oxygens (including phenoxy) is 4. The van der Waals surface area contributed by atoms with Crippen LogP contribution in [0.4, 0.5) is 23.3 Å². The highest BCUT2D eigenvalue weighted by Crippen LogP contribution is 2.56. The number of anilines is 4. The number of aliphatic hydroxyl groups excluding tert-OH is 2. The maximum atomic E-state index is 13.3. The van der Waals surface area contributed by atoms with Gasteiger partial charge in [0.25, 0.3) is 11.8 Å². The first-order valence-corrected chi connectivity index (χ1v) is 22.8. The number of likely N-dealkylation sites (tertiary alicyclic amines) is 2. The summed E-state index contributed by atoms with van der Waals surface area (Å²) >= 11 is 0. The molecule has 66 heavy (non-hydrogen) atoms. The smallest absolute Gasteiger partial charge is 0.254 e. The summed E-state index contributed by atoms with van der Waals surface area (Å²) in [5.41, 5.74) is 4.36. The monoisotopic (exact) mass is 902 g/mol. The summed E-state index contributed by atoms with van der Waals surface area (Å²) < 4.78 is 22.4. The topological polar surface area (TPSA) is 225 Å². The molecule has 2 unspecified atom stereocenters. The molecular formula is C48H58N10O8. The van der Waals surface area contributed by atoms with Crippen molar-refractivity contribution in [3.8, 4) is 23.3 Å². The number of aliphatic hydroxyl groups is 2. The number of H-pyrrole nitrogens is 2. The number of nitrogens with zero attached hydrogens (tertiary/aromatic N) is 6. The summed E-state index contributed by atoms with van der Waals surface area (Å²) in [5, 5.41) is 27.8. The molecule has 10 rings (SSSR count). The fourth-order valence-electron chi connectivity index (χ4n) is 9.49. The average Bonchev–Trinajstić information content (AvgIpc) is 4.13. The summed E-state index contributed by atoms with van der Waals surface area (Å²) in [5.74, 6) is 2.54. The highest BCUT2D eigenvalue weighted by Gasteiger charge is 2.50. The number of piperidine rings is 2. The Morgan fingerprint density at radius 1 is 0.652 bits per heavy atom. The molecule has 2 aliphatic heterocycles. The number of aromatic amines is 2. The van der Waals surface area contributed by atoms with Gasteiger partial charge >= 0.3 is 0 Å². The van der Waals surface area contributed by atoms with E-state index in [2.05, 4.69) is 40.5 Å². The van der Waals surface area contributed by atoms with E-state index in [-0.39, 0.29) is 37.1 Å². The number of aromatic nitrogens is 6. The van der Waals surface area contributed by atoms with E-state index < -0.39 is 0 Å². The number of benzene rings is 2. The molecule has 6 N–H and O–H groups in total. The summed E-state index contributed by atoms with van der Waals surface area (Å²) in [4.78, 5) is 54.3. The summed E-state index contributed by atoms with van der Waals surface area (Å²) in [6, 6.07) is 14.0. The van der Waals surface area contributed by atoms with E-state index in [4.69, 9.17) is 18.9 Å². The summed E-state index contributed by atoms with van der Waals surface area (Å²) in [7, 11) is 3.12. The molecule has 0 radical (unpaired) electrons. The number of carbonyl (C=O) groups is 2. The standard InChI is InChI=1S/2C24H29N5O4/c2*1-3-33-21-17-6-10-25-20(17)27-23(28-21)26-18-5-4-15(12-19(18)32-2)22(31)29-11-9-24(7-8-24)13-16(29)14-30/h2*4-6,10,12,16,30H,3,7-9,11,13-14H2,1-2H3,(H2,25,26,27,28). The largest absolute Gasteiger partial charge is 0.495 e. The van der Waals surface area contributed by atoms with E-state index in [1.54, 1.807) is 63.0 Å². The molecule has 4 aromatic heterocycles. The van der Waals surface area contributed by atoms with Crippen molar-refractivity contribution in [3.63, 3.8) is 0 Å². The van der Waals surface area contributed by atoms with Gasteiger partial charge in [0.15, 0.2) is 0 Å². The minimum atomic E-state index is -0.129. The van der Waals surface area contributed by atoms with Crippen molar-refractivity contribution < 1.29 is 38.7 Å². The van der Waals surface area contributed by atoms with Crippen molar-refractivity contribution in [3.05, 3.63) is 72.1 Å². The fourth-order valence-corrected chi connectivity index (χ4v) is 9.49. The summed E-state index contributed by atoms with van der Waals surface area (Å²) in [6.07, 6.45) is 12.2. The predicted molar refractivity (Wildman–Crippen MR) is 248 cm³/mol. The molecule has 2 aromatic carbocycles. The third-order valence-electron chi connectivity index (χ3n) is 13.6. The molecule has 6 aromatic rings. The zero-order chi connectivity index (χ0) is 46.0. The third-order valence-corrected chi connectivity index (χ3v) is 13.6. The molecule has 2 atom stereocenters. The van der Waals surface area contributed by atoms with E-state index >= 15 is 0 Å². The van der Waals surface area contributed by atoms with Crippen molar-refractivity contribution in [1.82, 2.24) is 39.7 Å². The number of fused-ring (bicyclic) bond motifs is 2. The fraction of sp³-hybridized carbons (Fsp3) is 0.458. The van der Waals surface area contributed by atoms with Gasteiger partial charge in [-0.2, -0.15) is 19.9 Å². The molecule has 6 heterocycles. The van der Waals surface area contributed by atoms with Gasteiger partial charge in [-0.15, -0.1) is 0 Å². The summed E-state index contributed by atoms with van der Waals surface area (Å²) in [6.45, 7) is 6.12. The minimum Gasteiger partial charge on any atom is -0.495 e. The van der Waals surface area contributed by atoms with Gasteiger partial charge in [-0.1, -0.05) is 0 Å². The number of hydrogen-bond donors (Lipinski definition) is 6. The zero-order valence-corrected chi connectivity index (χ0v) is 37.9. The van der Waals surface area contributed by atoms with E-state index in [1.807, 2.05) is 35.8 Å². The van der Waals surface area contributed by atoms with Gasteiger partial charge in [0, 0.05) is 36.6 Å². The zero-order valence-electron chi connectivity index (χ0n) is 37.9. The van der Waals surface area contributed by atoms with Crippen LogP contribution in [0.1, 0.15) is 85.9 Å². The molecule has 2 saturated carbocycles. The number of rotatable bonds is 14. The van der Waals surface area contributed by atoms with Gasteiger partial charge in [0.1, 0.15) is 22.8 Å². The molecule has 2 aliphatic carbocycles. The molecule has 348 valence electrons. The normalized spacial score (nSPS) is 19.0. The van der Waals surface area contributed by atoms with Crippen LogP contribution >= 0.6 is 0 Å². The average molecular weight is 903 g/mol. The van der Waals surface area contributed by atoms with Crippen molar-refractivity contribution >= 4 is 57.2 Å². The molecule has 18 heteroatoms. The van der Waals surface area contributed by atoms with Crippen LogP contribution in [-0.2, 0) is 0 Å². The Labute approximate surface area is 382 Å². The Balaban J connectivity index is 0.000000166. The van der Waals surface area contributed by atoms with Crippen LogP contribution in [0.2, 0.25) is 0 Å². The van der Waals surface area contributed by atoms with Crippen LogP contribution in [0.25, 0.3) is 22.1 Å². The highest BCUT2D eigenvalue weighted by molar-refractivity contribution is 5.97. The highest BCUT2D eigenvalue weighted by atomic mass is 16.5. The van der Waals surface area contributed by atoms with Crippen molar-refractivity contribution in [1.29, 1.82) is 0 Å². The first kappa shape index (κ1) is 44.5. The van der Waals surface area contributed by atoms with Crippen LogP contribution < -0.4 is 29.6 Å². The van der Waals surface area contributed by atoms with E-state index in [1.165, 1.54) is 25.7 Å². The molecule has 18 nitrogen and oxygen atoms in total. The SMILES string of the molecule is CCOc1nc(Nc2ccc(C(=O)N3CCC4(CC4)CC3CO)cc2OC)nc2[nH]ccc12.CCOc1nc(Nc2ccc(C(=O)N3CCC4(CC4)CC3CO)cc2OC)nc2[nH]ccc12. The molecular weight excluding hydrogens is 845 g/mol. The van der Waals surface area contributed by atoms with Crippen LogP contribution in [0, 0.1) is 10.8 Å². The van der Waals surface area contributed by atoms with Crippen molar-refractivity contribution in [2.45, 2.75) is 77.3 Å². The van der Waals surface area contributed by atoms with E-state index in [0.29, 0.717) is 106 Å². The second kappa shape index (κ2) is 18.7. The number of amides is 2. The number of methoxy groups -OCH3 is 2. The molecule has 0 bridgehead atoms. The molecule has 4 fully saturated rings. The van der Waals surface area contributed by atoms with E-state index in [9.17, 15) is 19.8 Å². The van der Waals surface area contributed by atoms with Gasteiger partial charge in [-0.05, 0) is 125 Å². The Morgan fingerprint density at radius 3 is 1.44 bits per heavy atom. The Hall–Kier alpha value is -6.66. The lowest BCUT2D eigenvalue weighted by molar-refractivity contribution is 0.0377. The van der Waals surface area contributed by atoms with Crippen molar-refractivity contribution in [2.75, 3.05) is 64.4 Å². The maximum Gasteiger partial charge on any atom is 0.254 e. The second-order valence-corrected chi connectivity index (χ2v) is 17.7. The van der Waals surface area contributed by atoms with Crippen LogP contribution in [0.5, 0.6) is 23.3 Å². The van der Waals surface area contributed by atoms with Crippen molar-refractivity contribution in [2.24, 2.45) is 10.8 Å². The molecule has 2 amide bonds. The minimum absolute atomic E-state index is 0.00894. The predicted octanol–water partition coefficient (Wildman–Crippen LogP) is 6.97. The van der Waals surface area contributed by atoms with Gasteiger partial charge in [0.2, 0.25) is 23.7 Å². The van der Waals surface area contributed by atoms with Gasteiger partial charge in [0.05, 0.1) is 74.9 Å². The molecule has 2 saturated heterocycles. The Bertz CT molecular complexity index is 2530. The lowest BCUT2D eigenvalue weighted by Crippen LogP contribution is -2.48. The number of carbonyl (C=O) groups excluding carboxylic acids is 2. The molecule has 4 aliphatic rings. The van der Waals surface area contributed by atoms with Crippen LogP contribution in [0.3, 0.4) is 0 Å². The lowest BCUT2D eigenvalue weighted by atomic mass is 9.87. The van der Waals surface area contributed by atoms with Crippen LogP contribution in [0.15, 0.2) is 60.9 Å². The van der Waals surface area contributed by atoms with E-state index in [0.717, 1.165) is 36.5 Å². The van der Waals surface area contributed by atoms with Gasteiger partial charge in [-0.3, -0.25) is 9.59 Å². The second-order valence-electron chi connectivity index (χ2n) is 17.7. The maximum absolute atomic E-state index is 13.3. The third kappa shape index (κ3) is 9.11. The Morgan fingerprint density at radius 2 is 1.08 bits per heavy atom.